The number of nitrogens with zero attached hydrogens (tertiary/aromatic N) is 3. The van der Waals surface area contributed by atoms with Gasteiger partial charge in [-0.3, -0.25) is 4.79 Å². The smallest absolute Gasteiger partial charge is 0.237 e. The molecule has 0 radical (unpaired) electrons. The monoisotopic (exact) mass is 422 g/mol. The van der Waals surface area contributed by atoms with Crippen LogP contribution in [0.15, 0.2) is 53.7 Å². The lowest BCUT2D eigenvalue weighted by molar-refractivity contribution is -0.115. The molecule has 1 N–H and O–H groups in total. The van der Waals surface area contributed by atoms with Crippen LogP contribution >= 0.6 is 11.8 Å². The molecule has 1 aromatic heterocycles. The summed E-state index contributed by atoms with van der Waals surface area (Å²) < 4.78 is 2.07. The number of amides is 1. The number of thioether (sulfide) groups is 1. The maximum atomic E-state index is 12.9. The van der Waals surface area contributed by atoms with Crippen molar-refractivity contribution in [3.63, 3.8) is 0 Å². The van der Waals surface area contributed by atoms with E-state index in [0.717, 1.165) is 40.8 Å². The van der Waals surface area contributed by atoms with Crippen LogP contribution in [0.3, 0.4) is 0 Å². The zero-order valence-electron chi connectivity index (χ0n) is 18.3. The van der Waals surface area contributed by atoms with Crippen LogP contribution in [0.5, 0.6) is 0 Å². The number of nitrogens with one attached hydrogen (secondary N) is 1. The summed E-state index contributed by atoms with van der Waals surface area (Å²) in [4.78, 5) is 12.9. The maximum Gasteiger partial charge on any atom is 0.237 e. The van der Waals surface area contributed by atoms with E-state index in [2.05, 4.69) is 66.0 Å². The number of hydrogen-bond acceptors (Lipinski definition) is 4. The highest BCUT2D eigenvalue weighted by molar-refractivity contribution is 8.00. The van der Waals surface area contributed by atoms with Crippen molar-refractivity contribution < 1.29 is 4.79 Å². The van der Waals surface area contributed by atoms with Crippen LogP contribution in [0.2, 0.25) is 0 Å². The lowest BCUT2D eigenvalue weighted by atomic mass is 9.97. The van der Waals surface area contributed by atoms with E-state index in [1.165, 1.54) is 17.3 Å². The molecule has 1 heterocycles. The van der Waals surface area contributed by atoms with Crippen LogP contribution in [-0.4, -0.2) is 25.9 Å². The predicted octanol–water partition coefficient (Wildman–Crippen LogP) is 5.91. The van der Waals surface area contributed by atoms with Crippen molar-refractivity contribution in [1.29, 1.82) is 0 Å². The molecule has 1 amide bonds. The summed E-state index contributed by atoms with van der Waals surface area (Å²) in [6.07, 6.45) is 1.03. The Morgan fingerprint density at radius 3 is 2.47 bits per heavy atom. The average molecular weight is 423 g/mol. The van der Waals surface area contributed by atoms with Crippen molar-refractivity contribution in [3.8, 4) is 11.4 Å². The molecule has 2 aromatic carbocycles. The molecule has 158 valence electrons. The Balaban J connectivity index is 1.78. The molecule has 0 saturated carbocycles. The van der Waals surface area contributed by atoms with E-state index in [-0.39, 0.29) is 11.2 Å². The van der Waals surface area contributed by atoms with E-state index >= 15 is 0 Å². The second-order valence-corrected chi connectivity index (χ2v) is 8.82. The van der Waals surface area contributed by atoms with Crippen molar-refractivity contribution in [1.82, 2.24) is 14.8 Å². The number of rotatable bonds is 8. The molecule has 3 aromatic rings. The second-order valence-electron chi connectivity index (χ2n) is 7.51. The van der Waals surface area contributed by atoms with E-state index in [4.69, 9.17) is 0 Å². The fraction of sp³-hybridized carbons (Fsp3) is 0.375. The van der Waals surface area contributed by atoms with Gasteiger partial charge >= 0.3 is 0 Å². The minimum absolute atomic E-state index is 0.0288. The minimum Gasteiger partial charge on any atom is -0.325 e. The Morgan fingerprint density at radius 1 is 1.07 bits per heavy atom. The van der Waals surface area contributed by atoms with E-state index in [0.29, 0.717) is 5.92 Å². The molecule has 6 heteroatoms. The molecule has 0 saturated heterocycles. The minimum atomic E-state index is -0.297. The highest BCUT2D eigenvalue weighted by atomic mass is 32.2. The van der Waals surface area contributed by atoms with Gasteiger partial charge in [-0.2, -0.15) is 0 Å². The number of benzene rings is 2. The fourth-order valence-corrected chi connectivity index (χ4v) is 4.30. The zero-order chi connectivity index (χ0) is 21.7. The molecule has 2 atom stereocenters. The summed E-state index contributed by atoms with van der Waals surface area (Å²) >= 11 is 1.44. The Hall–Kier alpha value is -2.60. The Morgan fingerprint density at radius 2 is 1.77 bits per heavy atom. The second kappa shape index (κ2) is 9.94. The van der Waals surface area contributed by atoms with Crippen molar-refractivity contribution in [2.75, 3.05) is 5.32 Å². The van der Waals surface area contributed by atoms with E-state index in [9.17, 15) is 4.79 Å². The highest BCUT2D eigenvalue weighted by Gasteiger charge is 2.22. The third-order valence-electron chi connectivity index (χ3n) is 5.43. The summed E-state index contributed by atoms with van der Waals surface area (Å²) in [5.74, 6) is 1.20. The number of para-hydroxylation sites is 1. The van der Waals surface area contributed by atoms with Crippen LogP contribution in [-0.2, 0) is 11.3 Å². The molecular formula is C24H30N4OS. The van der Waals surface area contributed by atoms with Gasteiger partial charge in [0.1, 0.15) is 0 Å². The van der Waals surface area contributed by atoms with Gasteiger partial charge in [-0.15, -0.1) is 10.2 Å². The Kier molecular flexibility index (Phi) is 7.32. The summed E-state index contributed by atoms with van der Waals surface area (Å²) in [6.45, 7) is 11.1. The SMILES string of the molecule is CC[C@@H](C)c1ccccc1NC(=O)[C@H](C)Sc1nnc(-c2ccccc2C)n1CC. The molecular weight excluding hydrogens is 392 g/mol. The summed E-state index contributed by atoms with van der Waals surface area (Å²) in [5.41, 5.74) is 4.29. The number of aryl methyl sites for hydroxylation is 1. The van der Waals surface area contributed by atoms with Crippen LogP contribution in [0, 0.1) is 6.92 Å². The average Bonchev–Trinajstić information content (AvgIpc) is 3.16. The maximum absolute atomic E-state index is 12.9. The molecule has 0 fully saturated rings. The number of aromatic nitrogens is 3. The first kappa shape index (κ1) is 22.1. The standard InChI is InChI=1S/C24H30N4OS/c1-6-16(3)19-13-10-11-15-21(19)25-23(29)18(5)30-24-27-26-22(28(24)7-2)20-14-9-8-12-17(20)4/h8-16,18H,6-7H2,1-5H3,(H,25,29)/t16-,18+/m1/s1. The normalized spacial score (nSPS) is 13.1. The van der Waals surface area contributed by atoms with Gasteiger partial charge in [0.05, 0.1) is 5.25 Å². The third-order valence-corrected chi connectivity index (χ3v) is 6.51. The number of carbonyl (C=O) groups excluding carboxylic acids is 1. The molecule has 0 aliphatic carbocycles. The lowest BCUT2D eigenvalue weighted by Gasteiger charge is -2.18. The van der Waals surface area contributed by atoms with Crippen molar-refractivity contribution in [3.05, 3.63) is 59.7 Å². The number of carbonyl (C=O) groups is 1. The highest BCUT2D eigenvalue weighted by Crippen LogP contribution is 2.30. The van der Waals surface area contributed by atoms with Crippen LogP contribution < -0.4 is 5.32 Å². The first-order valence-corrected chi connectivity index (χ1v) is 11.4. The van der Waals surface area contributed by atoms with Gasteiger partial charge in [-0.25, -0.2) is 0 Å². The molecule has 0 bridgehead atoms. The van der Waals surface area contributed by atoms with Gasteiger partial charge < -0.3 is 9.88 Å². The Labute approximate surface area is 183 Å². The molecule has 0 spiro atoms. The van der Waals surface area contributed by atoms with Gasteiger partial charge in [-0.05, 0) is 50.3 Å². The van der Waals surface area contributed by atoms with Crippen molar-refractivity contribution >= 4 is 23.4 Å². The topological polar surface area (TPSA) is 59.8 Å². The van der Waals surface area contributed by atoms with Gasteiger partial charge in [0.2, 0.25) is 5.91 Å². The summed E-state index contributed by atoms with van der Waals surface area (Å²) in [6, 6.07) is 16.2. The molecule has 0 unspecified atom stereocenters. The summed E-state index contributed by atoms with van der Waals surface area (Å²) in [7, 11) is 0. The van der Waals surface area contributed by atoms with Gasteiger partial charge in [-0.1, -0.05) is 68.1 Å². The van der Waals surface area contributed by atoms with Crippen LogP contribution in [0.25, 0.3) is 11.4 Å². The molecule has 0 aliphatic rings. The third kappa shape index (κ3) is 4.75. The first-order valence-electron chi connectivity index (χ1n) is 10.5. The van der Waals surface area contributed by atoms with E-state index in [1.54, 1.807) is 0 Å². The van der Waals surface area contributed by atoms with Crippen LogP contribution in [0.4, 0.5) is 5.69 Å². The van der Waals surface area contributed by atoms with Gasteiger partial charge in [0, 0.05) is 17.8 Å². The largest absolute Gasteiger partial charge is 0.325 e. The molecule has 30 heavy (non-hydrogen) atoms. The first-order chi connectivity index (χ1) is 14.5. The van der Waals surface area contributed by atoms with Crippen molar-refractivity contribution in [2.24, 2.45) is 0 Å². The fourth-order valence-electron chi connectivity index (χ4n) is 3.39. The van der Waals surface area contributed by atoms with E-state index in [1.807, 2.05) is 37.3 Å². The number of hydrogen-bond donors (Lipinski definition) is 1. The molecule has 3 rings (SSSR count). The zero-order valence-corrected chi connectivity index (χ0v) is 19.2. The van der Waals surface area contributed by atoms with E-state index < -0.39 is 0 Å². The molecule has 0 aliphatic heterocycles. The summed E-state index contributed by atoms with van der Waals surface area (Å²) in [5, 5.41) is 12.4. The van der Waals surface area contributed by atoms with Gasteiger partial charge in [0.25, 0.3) is 0 Å². The number of anilines is 1. The van der Waals surface area contributed by atoms with Gasteiger partial charge in [0.15, 0.2) is 11.0 Å². The predicted molar refractivity (Wildman–Crippen MR) is 125 cm³/mol. The molecule has 5 nitrogen and oxygen atoms in total. The quantitative estimate of drug-likeness (QED) is 0.459. The van der Waals surface area contributed by atoms with Crippen LogP contribution in [0.1, 0.15) is 51.2 Å². The lowest BCUT2D eigenvalue weighted by Crippen LogP contribution is -2.23. The Bertz CT molecular complexity index is 1010. The van der Waals surface area contributed by atoms with Crippen molar-refractivity contribution in [2.45, 2.75) is 63.9 Å².